The molecule has 0 fully saturated rings. The zero-order valence-corrected chi connectivity index (χ0v) is 18.7. The van der Waals surface area contributed by atoms with E-state index in [0.717, 1.165) is 17.5 Å². The van der Waals surface area contributed by atoms with Crippen LogP contribution >= 0.6 is 0 Å². The molecule has 0 saturated carbocycles. The molecule has 2 heterocycles. The van der Waals surface area contributed by atoms with Crippen molar-refractivity contribution in [3.8, 4) is 5.75 Å². The highest BCUT2D eigenvalue weighted by molar-refractivity contribution is 6.11. The fourth-order valence-corrected chi connectivity index (χ4v) is 3.90. The van der Waals surface area contributed by atoms with Gasteiger partial charge in [-0.3, -0.25) is 4.79 Å². The average molecular weight is 444 g/mol. The number of methoxy groups -OCH3 is 1. The molecule has 0 radical (unpaired) electrons. The molecule has 7 heteroatoms. The first kappa shape index (κ1) is 22.1. The van der Waals surface area contributed by atoms with Crippen LogP contribution in [-0.4, -0.2) is 24.3 Å². The number of ether oxygens (including phenoxy) is 1. The number of hydrogen-bond acceptors (Lipinski definition) is 5. The highest BCUT2D eigenvalue weighted by atomic mass is 16.5. The van der Waals surface area contributed by atoms with E-state index >= 15 is 0 Å². The van der Waals surface area contributed by atoms with Crippen LogP contribution in [-0.2, 0) is 6.42 Å². The molecule has 1 amide bonds. The molecule has 1 aliphatic rings. The molecule has 33 heavy (non-hydrogen) atoms. The first-order valence-electron chi connectivity index (χ1n) is 10.6. The molecule has 4 rings (SSSR count). The normalized spacial score (nSPS) is 15.3. The number of benzene rings is 2. The van der Waals surface area contributed by atoms with Crippen LogP contribution < -0.4 is 20.1 Å². The maximum absolute atomic E-state index is 13.1. The molecule has 7 nitrogen and oxygen atoms in total. The molecule has 0 atom stereocenters. The molecule has 0 saturated heterocycles. The zero-order chi connectivity index (χ0) is 23.6. The van der Waals surface area contributed by atoms with Crippen molar-refractivity contribution in [2.75, 3.05) is 12.4 Å². The van der Waals surface area contributed by atoms with Gasteiger partial charge in [-0.1, -0.05) is 24.3 Å². The molecule has 1 aromatic heterocycles. The van der Waals surface area contributed by atoms with Crippen LogP contribution in [0.15, 0.2) is 72.9 Å². The molecule has 2 N–H and O–H groups in total. The first-order chi connectivity index (χ1) is 15.8. The van der Waals surface area contributed by atoms with Crippen molar-refractivity contribution in [2.45, 2.75) is 25.8 Å². The van der Waals surface area contributed by atoms with Gasteiger partial charge in [0.15, 0.2) is 5.78 Å². The van der Waals surface area contributed by atoms with Gasteiger partial charge in [0.05, 0.1) is 18.9 Å². The van der Waals surface area contributed by atoms with Gasteiger partial charge < -0.3 is 15.3 Å². The minimum atomic E-state index is -0.472. The SMILES string of the molecule is COc1ccc2c(c1)/C(=C/C(=O)c1cccc(C(=O)Nc3cccc[n+]3[O-])c1)NC(C)(C)C2. The van der Waals surface area contributed by atoms with Gasteiger partial charge in [0.1, 0.15) is 5.75 Å². The van der Waals surface area contributed by atoms with E-state index in [-0.39, 0.29) is 22.7 Å². The fourth-order valence-electron chi connectivity index (χ4n) is 3.90. The number of aromatic nitrogens is 1. The lowest BCUT2D eigenvalue weighted by atomic mass is 9.85. The first-order valence-corrected chi connectivity index (χ1v) is 10.6. The number of hydrogen-bond donors (Lipinski definition) is 2. The third kappa shape index (κ3) is 4.87. The molecule has 2 aromatic carbocycles. The Morgan fingerprint density at radius 2 is 1.88 bits per heavy atom. The Kier molecular flexibility index (Phi) is 5.87. The van der Waals surface area contributed by atoms with Crippen LogP contribution in [0.3, 0.4) is 0 Å². The van der Waals surface area contributed by atoms with Crippen LogP contribution in [0.4, 0.5) is 5.82 Å². The van der Waals surface area contributed by atoms with Crippen LogP contribution in [0.1, 0.15) is 45.7 Å². The Morgan fingerprint density at radius 3 is 2.64 bits per heavy atom. The second-order valence-corrected chi connectivity index (χ2v) is 8.58. The van der Waals surface area contributed by atoms with Gasteiger partial charge in [-0.05, 0) is 56.2 Å². The number of carbonyl (C=O) groups excluding carboxylic acids is 2. The zero-order valence-electron chi connectivity index (χ0n) is 18.7. The topological polar surface area (TPSA) is 94.4 Å². The molecular formula is C26H25N3O4. The van der Waals surface area contributed by atoms with Gasteiger partial charge in [0.2, 0.25) is 0 Å². The smallest absolute Gasteiger partial charge is 0.339 e. The van der Waals surface area contributed by atoms with Gasteiger partial charge in [-0.25, -0.2) is 14.8 Å². The molecule has 1 aliphatic heterocycles. The summed E-state index contributed by atoms with van der Waals surface area (Å²) in [5, 5.41) is 17.8. The van der Waals surface area contributed by atoms with Crippen LogP contribution in [0.2, 0.25) is 0 Å². The number of carbonyl (C=O) groups is 2. The van der Waals surface area contributed by atoms with Gasteiger partial charge >= 0.3 is 5.91 Å². The van der Waals surface area contributed by atoms with Crippen molar-refractivity contribution >= 4 is 23.2 Å². The van der Waals surface area contributed by atoms with E-state index in [2.05, 4.69) is 24.5 Å². The predicted octanol–water partition coefficient (Wildman–Crippen LogP) is 3.73. The summed E-state index contributed by atoms with van der Waals surface area (Å²) in [6, 6.07) is 17.0. The molecule has 0 aliphatic carbocycles. The Labute approximate surface area is 192 Å². The number of rotatable bonds is 5. The minimum Gasteiger partial charge on any atom is -0.711 e. The highest BCUT2D eigenvalue weighted by Gasteiger charge is 2.28. The summed E-state index contributed by atoms with van der Waals surface area (Å²) >= 11 is 0. The van der Waals surface area contributed by atoms with Crippen LogP contribution in [0.25, 0.3) is 5.70 Å². The molecular weight excluding hydrogens is 418 g/mol. The highest BCUT2D eigenvalue weighted by Crippen LogP contribution is 2.32. The number of nitrogens with one attached hydrogen (secondary N) is 2. The van der Waals surface area contributed by atoms with E-state index in [1.807, 2.05) is 18.2 Å². The third-order valence-electron chi connectivity index (χ3n) is 5.46. The van der Waals surface area contributed by atoms with E-state index in [0.29, 0.717) is 21.7 Å². The Balaban J connectivity index is 1.63. The van der Waals surface area contributed by atoms with E-state index in [9.17, 15) is 14.8 Å². The van der Waals surface area contributed by atoms with E-state index in [1.165, 1.54) is 18.3 Å². The summed E-state index contributed by atoms with van der Waals surface area (Å²) in [7, 11) is 1.61. The van der Waals surface area contributed by atoms with Crippen molar-refractivity contribution in [3.05, 3.63) is 100 Å². The van der Waals surface area contributed by atoms with Crippen molar-refractivity contribution in [3.63, 3.8) is 0 Å². The minimum absolute atomic E-state index is 0.112. The van der Waals surface area contributed by atoms with Crippen molar-refractivity contribution in [2.24, 2.45) is 0 Å². The number of fused-ring (bicyclic) bond motifs is 1. The summed E-state index contributed by atoms with van der Waals surface area (Å²) < 4.78 is 5.93. The molecule has 168 valence electrons. The summed E-state index contributed by atoms with van der Waals surface area (Å²) in [6.45, 7) is 4.16. The van der Waals surface area contributed by atoms with Gasteiger partial charge in [0, 0.05) is 34.5 Å². The number of allylic oxidation sites excluding steroid dienone is 1. The third-order valence-corrected chi connectivity index (χ3v) is 5.46. The molecule has 0 unspecified atom stereocenters. The van der Waals surface area contributed by atoms with Crippen molar-refractivity contribution in [1.82, 2.24) is 5.32 Å². The lowest BCUT2D eigenvalue weighted by Gasteiger charge is -2.35. The van der Waals surface area contributed by atoms with Crippen molar-refractivity contribution in [1.29, 1.82) is 0 Å². The molecule has 0 spiro atoms. The quantitative estimate of drug-likeness (QED) is 0.271. The summed E-state index contributed by atoms with van der Waals surface area (Å²) in [5.74, 6) is 0.113. The van der Waals surface area contributed by atoms with Crippen LogP contribution in [0.5, 0.6) is 5.75 Å². The van der Waals surface area contributed by atoms with E-state index in [4.69, 9.17) is 4.74 Å². The predicted molar refractivity (Wildman–Crippen MR) is 126 cm³/mol. The van der Waals surface area contributed by atoms with Crippen molar-refractivity contribution < 1.29 is 19.1 Å². The van der Waals surface area contributed by atoms with Crippen LogP contribution in [0, 0.1) is 5.21 Å². The number of amides is 1. The summed E-state index contributed by atoms with van der Waals surface area (Å²) in [5.41, 5.74) is 3.17. The molecule has 3 aromatic rings. The summed E-state index contributed by atoms with van der Waals surface area (Å²) in [6.07, 6.45) is 3.67. The lowest BCUT2D eigenvalue weighted by molar-refractivity contribution is -0.590. The van der Waals surface area contributed by atoms with Gasteiger partial charge in [-0.15, -0.1) is 0 Å². The monoisotopic (exact) mass is 443 g/mol. The maximum atomic E-state index is 13.1. The van der Waals surface area contributed by atoms with Gasteiger partial charge in [-0.2, -0.15) is 0 Å². The Morgan fingerprint density at radius 1 is 1.09 bits per heavy atom. The number of nitrogens with zero attached hydrogens (tertiary/aromatic N) is 1. The summed E-state index contributed by atoms with van der Waals surface area (Å²) in [4.78, 5) is 25.8. The maximum Gasteiger partial charge on any atom is 0.339 e. The van der Waals surface area contributed by atoms with E-state index in [1.54, 1.807) is 43.5 Å². The Hall–Kier alpha value is -4.13. The largest absolute Gasteiger partial charge is 0.711 e. The second-order valence-electron chi connectivity index (χ2n) is 8.58. The standard InChI is InChI=1S/C26H25N3O4/c1-26(2)16-19-10-11-20(33-3)14-21(19)22(28-26)15-23(30)17-7-6-8-18(13-17)25(31)27-24-9-4-5-12-29(24)32/h4-15,28H,16H2,1-3H3,(H,27,31)/b22-15-. The second kappa shape index (κ2) is 8.78. The van der Waals surface area contributed by atoms with E-state index < -0.39 is 5.91 Å². The molecule has 0 bridgehead atoms. The number of pyridine rings is 1. The number of ketones is 1. The van der Waals surface area contributed by atoms with Gasteiger partial charge in [0.25, 0.3) is 5.82 Å². The fraction of sp³-hybridized carbons (Fsp3) is 0.192. The Bertz CT molecular complexity index is 1260. The average Bonchev–Trinajstić information content (AvgIpc) is 2.79. The lowest BCUT2D eigenvalue weighted by Crippen LogP contribution is -2.43. The number of anilines is 1.